The van der Waals surface area contributed by atoms with E-state index in [9.17, 15) is 4.79 Å². The van der Waals surface area contributed by atoms with E-state index < -0.39 is 18.5 Å². The van der Waals surface area contributed by atoms with Gasteiger partial charge in [0.25, 0.3) is 0 Å². The molecule has 1 saturated heterocycles. The molecule has 0 saturated carbocycles. The van der Waals surface area contributed by atoms with Gasteiger partial charge in [0, 0.05) is 6.61 Å². The van der Waals surface area contributed by atoms with Crippen molar-refractivity contribution in [3.8, 4) is 0 Å². The second-order valence-electron chi connectivity index (χ2n) is 4.01. The third-order valence-electron chi connectivity index (χ3n) is 2.42. The molecule has 5 nitrogen and oxygen atoms in total. The summed E-state index contributed by atoms with van der Waals surface area (Å²) in [5, 5.41) is 9.14. The maximum Gasteiger partial charge on any atom is 0.309 e. The fourth-order valence-corrected chi connectivity index (χ4v) is 1.73. The van der Waals surface area contributed by atoms with E-state index in [-0.39, 0.29) is 18.5 Å². The second kappa shape index (κ2) is 6.18. The van der Waals surface area contributed by atoms with Crippen LogP contribution < -0.4 is 0 Å². The van der Waals surface area contributed by atoms with Gasteiger partial charge in [0.1, 0.15) is 6.10 Å². The number of cyclic esters (lactones) is 1. The van der Waals surface area contributed by atoms with Crippen molar-refractivity contribution >= 4 is 5.97 Å². The number of rotatable bonds is 6. The van der Waals surface area contributed by atoms with Gasteiger partial charge in [-0.25, -0.2) is 0 Å². The van der Waals surface area contributed by atoms with Crippen LogP contribution >= 0.6 is 0 Å². The molecular weight excluding hydrogens is 212 g/mol. The molecule has 0 amide bonds. The lowest BCUT2D eigenvalue weighted by atomic mass is 10.1. The molecule has 4 atom stereocenters. The van der Waals surface area contributed by atoms with Crippen LogP contribution in [0.25, 0.3) is 0 Å². The highest BCUT2D eigenvalue weighted by atomic mass is 16.6. The number of carbonyl (C=O) groups is 1. The summed E-state index contributed by atoms with van der Waals surface area (Å²) in [5.41, 5.74) is 0. The Morgan fingerprint density at radius 3 is 2.81 bits per heavy atom. The molecule has 16 heavy (non-hydrogen) atoms. The molecule has 0 aromatic carbocycles. The molecule has 0 aliphatic carbocycles. The predicted octanol–water partition coefficient (Wildman–Crippen LogP) is 0.840. The molecule has 94 valence electrons. The van der Waals surface area contributed by atoms with Crippen LogP contribution in [0.15, 0.2) is 0 Å². The van der Waals surface area contributed by atoms with Gasteiger partial charge in [0.15, 0.2) is 12.4 Å². The van der Waals surface area contributed by atoms with Crippen LogP contribution in [0.2, 0.25) is 0 Å². The Morgan fingerprint density at radius 2 is 2.25 bits per heavy atom. The minimum atomic E-state index is -0.902. The van der Waals surface area contributed by atoms with Crippen LogP contribution in [-0.2, 0) is 19.0 Å². The van der Waals surface area contributed by atoms with Crippen molar-refractivity contribution in [3.63, 3.8) is 0 Å². The Kier molecular flexibility index (Phi) is 5.18. The van der Waals surface area contributed by atoms with Gasteiger partial charge in [-0.2, -0.15) is 0 Å². The van der Waals surface area contributed by atoms with Crippen LogP contribution in [0.3, 0.4) is 0 Å². The summed E-state index contributed by atoms with van der Waals surface area (Å²) in [5.74, 6) is -0.303. The number of esters is 1. The average Bonchev–Trinajstić information content (AvgIpc) is 2.55. The van der Waals surface area contributed by atoms with E-state index in [1.165, 1.54) is 6.92 Å². The van der Waals surface area contributed by atoms with Gasteiger partial charge in [-0.3, -0.25) is 4.79 Å². The average molecular weight is 232 g/mol. The summed E-state index contributed by atoms with van der Waals surface area (Å²) in [4.78, 5) is 11.2. The van der Waals surface area contributed by atoms with Gasteiger partial charge in [0.2, 0.25) is 0 Å². The first-order valence-electron chi connectivity index (χ1n) is 5.69. The molecule has 0 spiro atoms. The quantitative estimate of drug-likeness (QED) is 0.543. The molecule has 1 heterocycles. The smallest absolute Gasteiger partial charge is 0.309 e. The molecule has 4 unspecified atom stereocenters. The number of hydrogen-bond donors (Lipinski definition) is 1. The van der Waals surface area contributed by atoms with Gasteiger partial charge in [-0.1, -0.05) is 6.92 Å². The summed E-state index contributed by atoms with van der Waals surface area (Å²) in [6.07, 6.45) is -0.869. The fourth-order valence-electron chi connectivity index (χ4n) is 1.73. The lowest BCUT2D eigenvalue weighted by Gasteiger charge is -2.24. The molecule has 0 bridgehead atoms. The minimum Gasteiger partial charge on any atom is -0.457 e. The Bertz CT molecular complexity index is 228. The minimum absolute atomic E-state index is 0.176. The van der Waals surface area contributed by atoms with E-state index >= 15 is 0 Å². The van der Waals surface area contributed by atoms with Crippen molar-refractivity contribution in [1.82, 2.24) is 0 Å². The molecule has 0 aromatic rings. The number of hydrogen-bond acceptors (Lipinski definition) is 5. The highest BCUT2D eigenvalue weighted by Gasteiger charge is 2.40. The second-order valence-corrected chi connectivity index (χ2v) is 4.01. The van der Waals surface area contributed by atoms with Crippen molar-refractivity contribution in [1.29, 1.82) is 0 Å². The Balaban J connectivity index is 2.51. The standard InChI is InChI=1S/C11H20O5/c1-4-5-14-7(2)11-9(15-8(3)12)6-10(13)16-11/h7-9,11-12H,4-6H2,1-3H3. The predicted molar refractivity (Wildman–Crippen MR) is 56.8 cm³/mol. The highest BCUT2D eigenvalue weighted by molar-refractivity contribution is 5.72. The zero-order valence-electron chi connectivity index (χ0n) is 10.0. The zero-order chi connectivity index (χ0) is 12.1. The number of carbonyl (C=O) groups excluding carboxylic acids is 1. The van der Waals surface area contributed by atoms with Crippen molar-refractivity contribution in [2.24, 2.45) is 0 Å². The third-order valence-corrected chi connectivity index (χ3v) is 2.42. The summed E-state index contributed by atoms with van der Waals surface area (Å²) in [6.45, 7) is 5.99. The fraction of sp³-hybridized carbons (Fsp3) is 0.909. The van der Waals surface area contributed by atoms with Gasteiger partial charge in [-0.15, -0.1) is 0 Å². The Morgan fingerprint density at radius 1 is 1.56 bits per heavy atom. The largest absolute Gasteiger partial charge is 0.457 e. The monoisotopic (exact) mass is 232 g/mol. The van der Waals surface area contributed by atoms with Crippen LogP contribution in [0, 0.1) is 0 Å². The van der Waals surface area contributed by atoms with Gasteiger partial charge in [0.05, 0.1) is 12.5 Å². The number of aliphatic hydroxyl groups excluding tert-OH is 1. The molecule has 0 radical (unpaired) electrons. The van der Waals surface area contributed by atoms with Crippen molar-refractivity contribution < 1.29 is 24.1 Å². The molecule has 1 aliphatic rings. The van der Waals surface area contributed by atoms with E-state index in [0.717, 1.165) is 6.42 Å². The van der Waals surface area contributed by atoms with Crippen LogP contribution in [0.4, 0.5) is 0 Å². The van der Waals surface area contributed by atoms with Crippen LogP contribution in [0.5, 0.6) is 0 Å². The molecule has 1 aliphatic heterocycles. The molecule has 1 rings (SSSR count). The van der Waals surface area contributed by atoms with E-state index in [1.54, 1.807) is 0 Å². The van der Waals surface area contributed by atoms with Crippen molar-refractivity contribution in [3.05, 3.63) is 0 Å². The number of aliphatic hydroxyl groups is 1. The first-order valence-corrected chi connectivity index (χ1v) is 5.69. The Labute approximate surface area is 95.7 Å². The zero-order valence-corrected chi connectivity index (χ0v) is 10.0. The third kappa shape index (κ3) is 3.73. The van der Waals surface area contributed by atoms with E-state index in [0.29, 0.717) is 6.61 Å². The van der Waals surface area contributed by atoms with Gasteiger partial charge >= 0.3 is 5.97 Å². The maximum atomic E-state index is 11.2. The van der Waals surface area contributed by atoms with Crippen LogP contribution in [0.1, 0.15) is 33.6 Å². The first-order chi connectivity index (χ1) is 7.54. The van der Waals surface area contributed by atoms with Gasteiger partial charge < -0.3 is 19.3 Å². The summed E-state index contributed by atoms with van der Waals surface area (Å²) >= 11 is 0. The van der Waals surface area contributed by atoms with E-state index in [4.69, 9.17) is 19.3 Å². The molecular formula is C11H20O5. The molecule has 0 aromatic heterocycles. The van der Waals surface area contributed by atoms with Crippen molar-refractivity contribution in [2.45, 2.75) is 58.2 Å². The molecule has 5 heteroatoms. The lowest BCUT2D eigenvalue weighted by molar-refractivity contribution is -0.166. The maximum absolute atomic E-state index is 11.2. The first kappa shape index (κ1) is 13.4. The summed E-state index contributed by atoms with van der Waals surface area (Å²) < 4.78 is 15.9. The molecule has 1 N–H and O–H groups in total. The van der Waals surface area contributed by atoms with E-state index in [1.807, 2.05) is 13.8 Å². The van der Waals surface area contributed by atoms with Crippen molar-refractivity contribution in [2.75, 3.05) is 6.61 Å². The summed E-state index contributed by atoms with van der Waals surface area (Å²) in [6, 6.07) is 0. The summed E-state index contributed by atoms with van der Waals surface area (Å²) in [7, 11) is 0. The van der Waals surface area contributed by atoms with Crippen LogP contribution in [-0.4, -0.2) is 42.3 Å². The van der Waals surface area contributed by atoms with Gasteiger partial charge in [-0.05, 0) is 20.3 Å². The topological polar surface area (TPSA) is 65.0 Å². The highest BCUT2D eigenvalue weighted by Crippen LogP contribution is 2.23. The normalized spacial score (nSPS) is 28.9. The SMILES string of the molecule is CCCOC(C)C1OC(=O)CC1OC(C)O. The lowest BCUT2D eigenvalue weighted by Crippen LogP contribution is -2.37. The Hall–Kier alpha value is -0.650. The number of ether oxygens (including phenoxy) is 3. The molecule has 1 fully saturated rings. The van der Waals surface area contributed by atoms with E-state index in [2.05, 4.69) is 0 Å².